The first-order valence-electron chi connectivity index (χ1n) is 6.46. The first-order valence-corrected chi connectivity index (χ1v) is 6.46. The van der Waals surface area contributed by atoms with E-state index in [1.807, 2.05) is 0 Å². The Bertz CT molecular complexity index is 589. The second-order valence-corrected chi connectivity index (χ2v) is 5.82. The quantitative estimate of drug-likeness (QED) is 0.718. The molecule has 0 bridgehead atoms. The highest BCUT2D eigenvalue weighted by atomic mass is 15.2. The van der Waals surface area contributed by atoms with Gasteiger partial charge in [0.05, 0.1) is 0 Å². The van der Waals surface area contributed by atoms with Gasteiger partial charge in [0.25, 0.3) is 0 Å². The van der Waals surface area contributed by atoms with Crippen LogP contribution in [0.3, 0.4) is 0 Å². The molecular weight excluding hydrogens is 206 g/mol. The van der Waals surface area contributed by atoms with Crippen molar-refractivity contribution in [1.82, 2.24) is 4.90 Å². The summed E-state index contributed by atoms with van der Waals surface area (Å²) in [6, 6.07) is 15.7. The number of rotatable bonds is 1. The number of likely N-dealkylation sites (tertiary alicyclic amines) is 1. The van der Waals surface area contributed by atoms with Gasteiger partial charge in [-0.1, -0.05) is 42.5 Å². The zero-order chi connectivity index (χ0) is 11.5. The van der Waals surface area contributed by atoms with Crippen molar-refractivity contribution in [1.29, 1.82) is 0 Å². The molecule has 1 saturated carbocycles. The van der Waals surface area contributed by atoms with Gasteiger partial charge in [0.2, 0.25) is 0 Å². The summed E-state index contributed by atoms with van der Waals surface area (Å²) in [6.07, 6.45) is 1.40. The molecular formula is C16H17N. The van der Waals surface area contributed by atoms with Crippen LogP contribution < -0.4 is 0 Å². The van der Waals surface area contributed by atoms with Crippen molar-refractivity contribution in [3.8, 4) is 0 Å². The Hall–Kier alpha value is -1.34. The van der Waals surface area contributed by atoms with Crippen LogP contribution >= 0.6 is 0 Å². The van der Waals surface area contributed by atoms with Gasteiger partial charge in [-0.15, -0.1) is 0 Å². The minimum Gasteiger partial charge on any atom is -0.305 e. The van der Waals surface area contributed by atoms with Gasteiger partial charge >= 0.3 is 0 Å². The molecule has 0 aromatic heterocycles. The fraction of sp³-hybridized carbons (Fsp3) is 0.375. The lowest BCUT2D eigenvalue weighted by Crippen LogP contribution is -2.22. The molecule has 0 N–H and O–H groups in total. The van der Waals surface area contributed by atoms with Crippen LogP contribution in [0.2, 0.25) is 0 Å². The molecule has 4 rings (SSSR count). The Balaban J connectivity index is 1.82. The van der Waals surface area contributed by atoms with E-state index in [2.05, 4.69) is 54.4 Å². The Kier molecular flexibility index (Phi) is 1.77. The number of nitrogens with zero attached hydrogens (tertiary/aromatic N) is 1. The van der Waals surface area contributed by atoms with Gasteiger partial charge < -0.3 is 4.90 Å². The highest BCUT2D eigenvalue weighted by molar-refractivity contribution is 5.83. The largest absolute Gasteiger partial charge is 0.305 e. The van der Waals surface area contributed by atoms with E-state index in [1.165, 1.54) is 30.3 Å². The summed E-state index contributed by atoms with van der Waals surface area (Å²) in [5, 5.41) is 2.75. The first kappa shape index (κ1) is 9.67. The molecule has 2 aromatic carbocycles. The summed E-state index contributed by atoms with van der Waals surface area (Å²) in [5.74, 6) is 0.911. The fourth-order valence-electron chi connectivity index (χ4n) is 3.68. The zero-order valence-electron chi connectivity index (χ0n) is 10.2. The summed E-state index contributed by atoms with van der Waals surface area (Å²) in [5.41, 5.74) is 2.06. The molecule has 17 heavy (non-hydrogen) atoms. The molecule has 1 heteroatoms. The lowest BCUT2D eigenvalue weighted by atomic mass is 9.93. The normalized spacial score (nSPS) is 31.7. The van der Waals surface area contributed by atoms with Crippen LogP contribution in [0.15, 0.2) is 42.5 Å². The third kappa shape index (κ3) is 1.29. The molecule has 0 radical (unpaired) electrons. The lowest BCUT2D eigenvalue weighted by molar-refractivity contribution is 0.363. The van der Waals surface area contributed by atoms with E-state index < -0.39 is 0 Å². The summed E-state index contributed by atoms with van der Waals surface area (Å²) >= 11 is 0. The predicted octanol–water partition coefficient (Wildman–Crippen LogP) is 3.04. The third-order valence-corrected chi connectivity index (χ3v) is 4.64. The van der Waals surface area contributed by atoms with E-state index in [1.54, 1.807) is 5.56 Å². The monoisotopic (exact) mass is 223 g/mol. The van der Waals surface area contributed by atoms with Crippen molar-refractivity contribution in [3.05, 3.63) is 48.0 Å². The molecule has 0 unspecified atom stereocenters. The SMILES string of the molecule is CN1C[C@@H]2C[C@@]2(c2ccc3ccccc3c2)C1. The summed E-state index contributed by atoms with van der Waals surface area (Å²) in [6.45, 7) is 2.53. The van der Waals surface area contributed by atoms with Crippen LogP contribution in [0.25, 0.3) is 10.8 Å². The Morgan fingerprint density at radius 1 is 1.12 bits per heavy atom. The number of hydrogen-bond donors (Lipinski definition) is 0. The van der Waals surface area contributed by atoms with Gasteiger partial charge in [0, 0.05) is 18.5 Å². The van der Waals surface area contributed by atoms with E-state index >= 15 is 0 Å². The summed E-state index contributed by atoms with van der Waals surface area (Å²) < 4.78 is 0. The zero-order valence-corrected chi connectivity index (χ0v) is 10.2. The van der Waals surface area contributed by atoms with Crippen LogP contribution in [0, 0.1) is 5.92 Å². The fourth-order valence-corrected chi connectivity index (χ4v) is 3.68. The maximum Gasteiger partial charge on any atom is 0.0124 e. The van der Waals surface area contributed by atoms with Crippen LogP contribution in [0.1, 0.15) is 12.0 Å². The molecule has 86 valence electrons. The van der Waals surface area contributed by atoms with Crippen LogP contribution in [-0.4, -0.2) is 25.0 Å². The van der Waals surface area contributed by atoms with Crippen LogP contribution in [0.4, 0.5) is 0 Å². The number of benzene rings is 2. The molecule has 2 aromatic rings. The Labute approximate surface area is 102 Å². The maximum absolute atomic E-state index is 2.48. The second-order valence-electron chi connectivity index (χ2n) is 5.82. The number of fused-ring (bicyclic) bond motifs is 2. The molecule has 1 nitrogen and oxygen atoms in total. The molecule has 1 heterocycles. The topological polar surface area (TPSA) is 3.24 Å². The minimum absolute atomic E-state index is 0.499. The molecule has 2 fully saturated rings. The van der Waals surface area contributed by atoms with Crippen LogP contribution in [-0.2, 0) is 5.41 Å². The highest BCUT2D eigenvalue weighted by Crippen LogP contribution is 2.58. The highest BCUT2D eigenvalue weighted by Gasteiger charge is 2.59. The first-order chi connectivity index (χ1) is 8.28. The standard InChI is InChI=1S/C16H17N/c1-17-10-15-9-16(15,11-17)14-7-6-12-4-2-3-5-13(12)8-14/h2-8,15H,9-11H2,1H3/t15-,16-/m0/s1. The molecule has 1 aliphatic heterocycles. The van der Waals surface area contributed by atoms with Gasteiger partial charge in [-0.25, -0.2) is 0 Å². The molecule has 0 amide bonds. The van der Waals surface area contributed by atoms with E-state index in [9.17, 15) is 0 Å². The van der Waals surface area contributed by atoms with Crippen LogP contribution in [0.5, 0.6) is 0 Å². The Morgan fingerprint density at radius 2 is 1.94 bits per heavy atom. The van der Waals surface area contributed by atoms with Gasteiger partial charge in [0.15, 0.2) is 0 Å². The van der Waals surface area contributed by atoms with Gasteiger partial charge in [-0.2, -0.15) is 0 Å². The summed E-state index contributed by atoms with van der Waals surface area (Å²) in [4.78, 5) is 2.48. The van der Waals surface area contributed by atoms with E-state index in [4.69, 9.17) is 0 Å². The molecule has 0 spiro atoms. The number of hydrogen-bond acceptors (Lipinski definition) is 1. The van der Waals surface area contributed by atoms with E-state index in [-0.39, 0.29) is 0 Å². The molecule has 2 aliphatic rings. The van der Waals surface area contributed by atoms with Crippen molar-refractivity contribution in [2.24, 2.45) is 5.92 Å². The third-order valence-electron chi connectivity index (χ3n) is 4.64. The average Bonchev–Trinajstić information content (AvgIpc) is 2.93. The van der Waals surface area contributed by atoms with Crippen molar-refractivity contribution in [2.45, 2.75) is 11.8 Å². The lowest BCUT2D eigenvalue weighted by Gasteiger charge is -2.17. The van der Waals surface area contributed by atoms with Crippen molar-refractivity contribution < 1.29 is 0 Å². The maximum atomic E-state index is 2.48. The number of piperidine rings is 1. The van der Waals surface area contributed by atoms with Crippen molar-refractivity contribution >= 4 is 10.8 Å². The second kappa shape index (κ2) is 3.11. The molecule has 1 aliphatic carbocycles. The Morgan fingerprint density at radius 3 is 2.71 bits per heavy atom. The van der Waals surface area contributed by atoms with Crippen molar-refractivity contribution in [3.63, 3.8) is 0 Å². The van der Waals surface area contributed by atoms with E-state index in [0.717, 1.165) is 5.92 Å². The number of likely N-dealkylation sites (N-methyl/N-ethyl adjacent to an activating group) is 1. The van der Waals surface area contributed by atoms with Gasteiger partial charge in [-0.3, -0.25) is 0 Å². The van der Waals surface area contributed by atoms with Gasteiger partial charge in [0.1, 0.15) is 0 Å². The van der Waals surface area contributed by atoms with Crippen molar-refractivity contribution in [2.75, 3.05) is 20.1 Å². The molecule has 2 atom stereocenters. The smallest absolute Gasteiger partial charge is 0.0124 e. The molecule has 1 saturated heterocycles. The minimum atomic E-state index is 0.499. The van der Waals surface area contributed by atoms with Gasteiger partial charge in [-0.05, 0) is 35.7 Å². The summed E-state index contributed by atoms with van der Waals surface area (Å²) in [7, 11) is 2.24. The average molecular weight is 223 g/mol. The van der Waals surface area contributed by atoms with E-state index in [0.29, 0.717) is 5.41 Å². The predicted molar refractivity (Wildman–Crippen MR) is 71.2 cm³/mol.